The van der Waals surface area contributed by atoms with Crippen molar-refractivity contribution < 1.29 is 19.1 Å². The van der Waals surface area contributed by atoms with Gasteiger partial charge in [-0.25, -0.2) is 4.39 Å². The fourth-order valence-electron chi connectivity index (χ4n) is 2.41. The van der Waals surface area contributed by atoms with Gasteiger partial charge in [-0.05, 0) is 49.9 Å². The Morgan fingerprint density at radius 1 is 1.10 bits per heavy atom. The number of carbonyl (C=O) groups excluding carboxylic acids is 2. The number of halogens is 1. The summed E-state index contributed by atoms with van der Waals surface area (Å²) in [6.07, 6.45) is 2.68. The predicted molar refractivity (Wildman–Crippen MR) is 75.2 cm³/mol. The van der Waals surface area contributed by atoms with E-state index >= 15 is 0 Å². The molecule has 3 N–H and O–H groups in total. The van der Waals surface area contributed by atoms with E-state index in [2.05, 4.69) is 10.6 Å². The lowest BCUT2D eigenvalue weighted by Gasteiger charge is -2.20. The number of aliphatic hydroxyl groups is 1. The minimum Gasteiger partial charge on any atom is -0.380 e. The van der Waals surface area contributed by atoms with E-state index in [1.165, 1.54) is 24.3 Å². The van der Waals surface area contributed by atoms with Crippen molar-refractivity contribution >= 4 is 11.8 Å². The van der Waals surface area contributed by atoms with Crippen LogP contribution in [0.15, 0.2) is 24.3 Å². The van der Waals surface area contributed by atoms with Crippen molar-refractivity contribution in [2.75, 3.05) is 13.1 Å². The van der Waals surface area contributed by atoms with Gasteiger partial charge in [0.05, 0.1) is 0 Å². The quantitative estimate of drug-likeness (QED) is 0.708. The van der Waals surface area contributed by atoms with Gasteiger partial charge in [0.1, 0.15) is 11.4 Å². The number of carbonyl (C=O) groups is 2. The molecule has 2 amide bonds. The third-order valence-electron chi connectivity index (χ3n) is 3.66. The van der Waals surface area contributed by atoms with Crippen molar-refractivity contribution in [2.24, 2.45) is 0 Å². The van der Waals surface area contributed by atoms with Crippen LogP contribution in [-0.2, 0) is 4.79 Å². The van der Waals surface area contributed by atoms with Gasteiger partial charge in [0.25, 0.3) is 11.8 Å². The maximum absolute atomic E-state index is 12.7. The zero-order valence-electron chi connectivity index (χ0n) is 11.7. The number of hydrogen-bond donors (Lipinski definition) is 3. The molecule has 21 heavy (non-hydrogen) atoms. The standard InChI is InChI=1S/C15H19FN2O3/c16-12-5-3-11(4-6-12)13(19)17-9-10-18-14(20)15(21)7-1-2-8-15/h3-6,21H,1-2,7-10H2,(H,17,19)(H,18,20). The summed E-state index contributed by atoms with van der Waals surface area (Å²) in [7, 11) is 0. The highest BCUT2D eigenvalue weighted by molar-refractivity contribution is 5.94. The number of benzene rings is 1. The van der Waals surface area contributed by atoms with E-state index in [0.29, 0.717) is 18.4 Å². The zero-order chi connectivity index (χ0) is 15.3. The molecule has 1 saturated carbocycles. The monoisotopic (exact) mass is 294 g/mol. The maximum atomic E-state index is 12.7. The highest BCUT2D eigenvalue weighted by atomic mass is 19.1. The van der Waals surface area contributed by atoms with Gasteiger partial charge < -0.3 is 15.7 Å². The van der Waals surface area contributed by atoms with Crippen LogP contribution in [-0.4, -0.2) is 35.6 Å². The fraction of sp³-hybridized carbons (Fsp3) is 0.467. The van der Waals surface area contributed by atoms with Crippen LogP contribution in [0.3, 0.4) is 0 Å². The number of hydrogen-bond acceptors (Lipinski definition) is 3. The first-order chi connectivity index (χ1) is 10.0. The first-order valence-electron chi connectivity index (χ1n) is 7.06. The zero-order valence-corrected chi connectivity index (χ0v) is 11.7. The Balaban J connectivity index is 1.71. The van der Waals surface area contributed by atoms with Gasteiger partial charge in [-0.3, -0.25) is 9.59 Å². The third kappa shape index (κ3) is 4.01. The first kappa shape index (κ1) is 15.4. The van der Waals surface area contributed by atoms with Gasteiger partial charge in [-0.15, -0.1) is 0 Å². The van der Waals surface area contributed by atoms with Gasteiger partial charge in [0, 0.05) is 18.7 Å². The topological polar surface area (TPSA) is 78.4 Å². The lowest BCUT2D eigenvalue weighted by Crippen LogP contribution is -2.46. The van der Waals surface area contributed by atoms with Crippen LogP contribution in [0, 0.1) is 5.82 Å². The molecule has 0 radical (unpaired) electrons. The largest absolute Gasteiger partial charge is 0.380 e. The molecular formula is C15H19FN2O3. The highest BCUT2D eigenvalue weighted by Gasteiger charge is 2.38. The minimum atomic E-state index is -1.25. The molecule has 1 aliphatic rings. The molecule has 6 heteroatoms. The van der Waals surface area contributed by atoms with Crippen molar-refractivity contribution in [1.82, 2.24) is 10.6 Å². The molecule has 1 aromatic carbocycles. The molecule has 0 bridgehead atoms. The lowest BCUT2D eigenvalue weighted by atomic mass is 10.0. The molecule has 0 saturated heterocycles. The summed E-state index contributed by atoms with van der Waals surface area (Å²) in [6, 6.07) is 5.22. The maximum Gasteiger partial charge on any atom is 0.252 e. The summed E-state index contributed by atoms with van der Waals surface area (Å²) in [5.41, 5.74) is -0.891. The van der Waals surface area contributed by atoms with E-state index in [0.717, 1.165) is 12.8 Å². The van der Waals surface area contributed by atoms with Gasteiger partial charge in [-0.2, -0.15) is 0 Å². The second-order valence-corrected chi connectivity index (χ2v) is 5.26. The second kappa shape index (κ2) is 6.67. The molecule has 0 atom stereocenters. The van der Waals surface area contributed by atoms with E-state index in [9.17, 15) is 19.1 Å². The molecule has 0 heterocycles. The normalized spacial score (nSPS) is 16.5. The van der Waals surface area contributed by atoms with E-state index in [1.807, 2.05) is 0 Å². The van der Waals surface area contributed by atoms with Crippen molar-refractivity contribution in [2.45, 2.75) is 31.3 Å². The number of rotatable bonds is 5. The Kier molecular flexibility index (Phi) is 4.90. The summed E-state index contributed by atoms with van der Waals surface area (Å²) in [5.74, 6) is -1.11. The van der Waals surface area contributed by atoms with Gasteiger partial charge in [-0.1, -0.05) is 0 Å². The van der Waals surface area contributed by atoms with Crippen molar-refractivity contribution in [3.63, 3.8) is 0 Å². The molecular weight excluding hydrogens is 275 g/mol. The molecule has 0 aliphatic heterocycles. The summed E-state index contributed by atoms with van der Waals surface area (Å²) in [6.45, 7) is 0.492. The lowest BCUT2D eigenvalue weighted by molar-refractivity contribution is -0.139. The smallest absolute Gasteiger partial charge is 0.252 e. The van der Waals surface area contributed by atoms with Crippen LogP contribution < -0.4 is 10.6 Å². The third-order valence-corrected chi connectivity index (χ3v) is 3.66. The fourth-order valence-corrected chi connectivity index (χ4v) is 2.41. The SMILES string of the molecule is O=C(NCCNC(=O)C1(O)CCCC1)c1ccc(F)cc1. The Morgan fingerprint density at radius 3 is 2.29 bits per heavy atom. The van der Waals surface area contributed by atoms with Crippen LogP contribution in [0.4, 0.5) is 4.39 Å². The van der Waals surface area contributed by atoms with Crippen molar-refractivity contribution in [3.8, 4) is 0 Å². The van der Waals surface area contributed by atoms with Crippen LogP contribution in [0.1, 0.15) is 36.0 Å². The molecule has 0 spiro atoms. The molecule has 5 nitrogen and oxygen atoms in total. The highest BCUT2D eigenvalue weighted by Crippen LogP contribution is 2.29. The van der Waals surface area contributed by atoms with Crippen molar-refractivity contribution in [1.29, 1.82) is 0 Å². The van der Waals surface area contributed by atoms with Crippen LogP contribution >= 0.6 is 0 Å². The Bertz CT molecular complexity index is 510. The number of amides is 2. The Morgan fingerprint density at radius 2 is 1.67 bits per heavy atom. The molecule has 2 rings (SSSR count). The second-order valence-electron chi connectivity index (χ2n) is 5.26. The number of nitrogens with one attached hydrogen (secondary N) is 2. The van der Waals surface area contributed by atoms with Gasteiger partial charge in [0.15, 0.2) is 0 Å². The molecule has 114 valence electrons. The molecule has 1 aliphatic carbocycles. The Labute approximate surface area is 122 Å². The van der Waals surface area contributed by atoms with Crippen LogP contribution in [0.2, 0.25) is 0 Å². The molecule has 1 aromatic rings. The molecule has 1 fully saturated rings. The van der Waals surface area contributed by atoms with E-state index in [4.69, 9.17) is 0 Å². The summed E-state index contributed by atoms with van der Waals surface area (Å²) in [5, 5.41) is 15.3. The Hall–Kier alpha value is -1.95. The van der Waals surface area contributed by atoms with Gasteiger partial charge in [0.2, 0.25) is 0 Å². The van der Waals surface area contributed by atoms with Crippen LogP contribution in [0.5, 0.6) is 0 Å². The first-order valence-corrected chi connectivity index (χ1v) is 7.06. The minimum absolute atomic E-state index is 0.244. The van der Waals surface area contributed by atoms with E-state index < -0.39 is 11.4 Å². The van der Waals surface area contributed by atoms with Crippen molar-refractivity contribution in [3.05, 3.63) is 35.6 Å². The van der Waals surface area contributed by atoms with E-state index in [1.54, 1.807) is 0 Å². The summed E-state index contributed by atoms with van der Waals surface area (Å²) < 4.78 is 12.7. The van der Waals surface area contributed by atoms with E-state index in [-0.39, 0.29) is 24.9 Å². The predicted octanol–water partition coefficient (Wildman–Crippen LogP) is 0.977. The van der Waals surface area contributed by atoms with Crippen LogP contribution in [0.25, 0.3) is 0 Å². The molecule has 0 unspecified atom stereocenters. The van der Waals surface area contributed by atoms with Gasteiger partial charge >= 0.3 is 0 Å². The summed E-state index contributed by atoms with van der Waals surface area (Å²) >= 11 is 0. The average molecular weight is 294 g/mol. The average Bonchev–Trinajstić information content (AvgIpc) is 2.92. The molecule has 0 aromatic heterocycles. The summed E-state index contributed by atoms with van der Waals surface area (Å²) in [4.78, 5) is 23.5.